The Labute approximate surface area is 203 Å². The van der Waals surface area contributed by atoms with Gasteiger partial charge in [-0.05, 0) is 61.1 Å². The Morgan fingerprint density at radius 3 is 2.62 bits per heavy atom. The molecule has 1 N–H and O–H groups in total. The summed E-state index contributed by atoms with van der Waals surface area (Å²) < 4.78 is 11.0. The number of anilines is 1. The van der Waals surface area contributed by atoms with Gasteiger partial charge in [-0.3, -0.25) is 29.9 Å². The van der Waals surface area contributed by atoms with E-state index < -0.39 is 16.7 Å². The molecule has 4 rings (SSSR count). The predicted octanol–water partition coefficient (Wildman–Crippen LogP) is 4.66. The monoisotopic (exact) mass is 497 g/mol. The van der Waals surface area contributed by atoms with Crippen molar-refractivity contribution in [1.82, 2.24) is 5.32 Å². The zero-order chi connectivity index (χ0) is 24.6. The topological polar surface area (TPSA) is 115 Å². The molecule has 0 radical (unpaired) electrons. The maximum Gasteiger partial charge on any atom is 0.270 e. The summed E-state index contributed by atoms with van der Waals surface area (Å²) in [6.45, 7) is 1.82. The second-order valence-corrected chi connectivity index (χ2v) is 8.03. The van der Waals surface area contributed by atoms with E-state index in [-0.39, 0.29) is 27.9 Å². The highest BCUT2D eigenvalue weighted by atomic mass is 35.5. The number of rotatable bonds is 5. The fourth-order valence-corrected chi connectivity index (χ4v) is 3.79. The minimum atomic E-state index is -0.685. The average Bonchev–Trinajstić information content (AvgIpc) is 3.27. The summed E-state index contributed by atoms with van der Waals surface area (Å²) in [7, 11) is 1.43. The van der Waals surface area contributed by atoms with Crippen LogP contribution < -0.4 is 15.0 Å². The number of carbonyl (C=O) groups excluding carboxylic acids is 2. The van der Waals surface area contributed by atoms with Gasteiger partial charge in [-0.15, -0.1) is 0 Å². The van der Waals surface area contributed by atoms with Crippen molar-refractivity contribution in [1.29, 1.82) is 0 Å². The Kier molecular flexibility index (Phi) is 6.18. The number of nitro groups is 1. The molecule has 9 nitrogen and oxygen atoms in total. The van der Waals surface area contributed by atoms with Crippen LogP contribution in [0.2, 0.25) is 5.02 Å². The SMILES string of the molecule is COc1ccc([N+](=O)[O-])cc1-c1ccc(/C=C2\C(=O)NC(=S)N(c3ccc(C)c(Cl)c3)C2=O)o1. The number of halogens is 1. The van der Waals surface area contributed by atoms with Crippen molar-refractivity contribution in [2.45, 2.75) is 6.92 Å². The summed E-state index contributed by atoms with van der Waals surface area (Å²) in [5, 5.41) is 14.0. The molecule has 172 valence electrons. The largest absolute Gasteiger partial charge is 0.496 e. The number of methoxy groups -OCH3 is 1. The number of amides is 2. The third-order valence-electron chi connectivity index (χ3n) is 5.09. The average molecular weight is 498 g/mol. The van der Waals surface area contributed by atoms with E-state index in [0.29, 0.717) is 22.0 Å². The van der Waals surface area contributed by atoms with E-state index in [9.17, 15) is 19.7 Å². The fourth-order valence-electron chi connectivity index (χ4n) is 3.33. The molecule has 1 fully saturated rings. The van der Waals surface area contributed by atoms with E-state index >= 15 is 0 Å². The number of ether oxygens (including phenoxy) is 1. The molecule has 11 heteroatoms. The van der Waals surface area contributed by atoms with E-state index in [0.717, 1.165) is 5.56 Å². The highest BCUT2D eigenvalue weighted by Crippen LogP contribution is 2.35. The number of hydrogen-bond donors (Lipinski definition) is 1. The van der Waals surface area contributed by atoms with Gasteiger partial charge in [0.05, 0.1) is 23.3 Å². The van der Waals surface area contributed by atoms with Gasteiger partial charge in [0.15, 0.2) is 5.11 Å². The third-order valence-corrected chi connectivity index (χ3v) is 5.78. The number of benzene rings is 2. The van der Waals surface area contributed by atoms with Crippen molar-refractivity contribution >= 4 is 58.2 Å². The van der Waals surface area contributed by atoms with Crippen LogP contribution in [0.5, 0.6) is 5.75 Å². The summed E-state index contributed by atoms with van der Waals surface area (Å²) in [5.74, 6) is -0.543. The van der Waals surface area contributed by atoms with Gasteiger partial charge in [0.25, 0.3) is 17.5 Å². The number of carbonyl (C=O) groups is 2. The van der Waals surface area contributed by atoms with Crippen LogP contribution in [-0.2, 0) is 9.59 Å². The molecular formula is C23H16ClN3O6S. The van der Waals surface area contributed by atoms with E-state index in [2.05, 4.69) is 5.32 Å². The summed E-state index contributed by atoms with van der Waals surface area (Å²) >= 11 is 11.4. The van der Waals surface area contributed by atoms with Gasteiger partial charge < -0.3 is 9.15 Å². The van der Waals surface area contributed by atoms with Crippen LogP contribution in [-0.4, -0.2) is 29.0 Å². The molecule has 1 aliphatic rings. The van der Waals surface area contributed by atoms with E-state index in [1.807, 2.05) is 6.92 Å². The van der Waals surface area contributed by atoms with Crippen LogP contribution in [0.15, 0.2) is 58.5 Å². The number of nitro benzene ring substituents is 1. The molecule has 2 aromatic carbocycles. The Balaban J connectivity index is 1.71. The van der Waals surface area contributed by atoms with Crippen LogP contribution in [0, 0.1) is 17.0 Å². The van der Waals surface area contributed by atoms with E-state index in [4.69, 9.17) is 33.0 Å². The highest BCUT2D eigenvalue weighted by Gasteiger charge is 2.35. The number of non-ortho nitro benzene ring substituents is 1. The number of furan rings is 1. The molecule has 0 bridgehead atoms. The van der Waals surface area contributed by atoms with E-state index in [1.54, 1.807) is 24.3 Å². The summed E-state index contributed by atoms with van der Waals surface area (Å²) in [4.78, 5) is 37.5. The van der Waals surface area contributed by atoms with Gasteiger partial charge in [0.1, 0.15) is 22.8 Å². The van der Waals surface area contributed by atoms with Gasteiger partial charge in [-0.1, -0.05) is 17.7 Å². The number of nitrogens with one attached hydrogen (secondary N) is 1. The van der Waals surface area contributed by atoms with Crippen molar-refractivity contribution in [3.05, 3.63) is 80.6 Å². The predicted molar refractivity (Wildman–Crippen MR) is 130 cm³/mol. The number of hydrogen-bond acceptors (Lipinski definition) is 7. The number of nitrogens with zero attached hydrogens (tertiary/aromatic N) is 2. The molecule has 0 aliphatic carbocycles. The molecule has 0 saturated carbocycles. The second kappa shape index (κ2) is 9.08. The van der Waals surface area contributed by atoms with Crippen LogP contribution in [0.3, 0.4) is 0 Å². The molecule has 0 spiro atoms. The standard InChI is InChI=1S/C23H16ClN3O6S/c1-12-3-4-13(10-18(12)24)26-22(29)17(21(28)25-23(26)34)11-15-6-8-20(33-15)16-9-14(27(30)31)5-7-19(16)32-2/h3-11H,1-2H3,(H,25,28,34)/b17-11+. The maximum absolute atomic E-state index is 13.2. The highest BCUT2D eigenvalue weighted by molar-refractivity contribution is 7.80. The first-order valence-electron chi connectivity index (χ1n) is 9.80. The maximum atomic E-state index is 13.2. The van der Waals surface area contributed by atoms with E-state index in [1.165, 1.54) is 42.4 Å². The molecule has 1 saturated heterocycles. The molecule has 0 atom stereocenters. The van der Waals surface area contributed by atoms with Crippen molar-refractivity contribution in [2.75, 3.05) is 12.0 Å². The molecule has 1 aliphatic heterocycles. The third kappa shape index (κ3) is 4.28. The van der Waals surface area contributed by atoms with Gasteiger partial charge in [-0.2, -0.15) is 0 Å². The quantitative estimate of drug-likeness (QED) is 0.179. The van der Waals surface area contributed by atoms with Crippen molar-refractivity contribution in [3.63, 3.8) is 0 Å². The molecular weight excluding hydrogens is 482 g/mol. The van der Waals surface area contributed by atoms with Crippen LogP contribution in [0.1, 0.15) is 11.3 Å². The molecule has 0 unspecified atom stereocenters. The molecule has 3 aromatic rings. The Bertz CT molecular complexity index is 1400. The fraction of sp³-hybridized carbons (Fsp3) is 0.0870. The lowest BCUT2D eigenvalue weighted by Gasteiger charge is -2.29. The van der Waals surface area contributed by atoms with Crippen molar-refractivity contribution in [2.24, 2.45) is 0 Å². The second-order valence-electron chi connectivity index (χ2n) is 7.24. The van der Waals surface area contributed by atoms with Gasteiger partial charge in [0, 0.05) is 17.2 Å². The summed E-state index contributed by atoms with van der Waals surface area (Å²) in [6.07, 6.45) is 1.27. The first kappa shape index (κ1) is 23.1. The van der Waals surface area contributed by atoms with Gasteiger partial charge in [-0.25, -0.2) is 0 Å². The first-order valence-corrected chi connectivity index (χ1v) is 10.6. The number of thiocarbonyl (C=S) groups is 1. The number of aryl methyl sites for hydroxylation is 1. The van der Waals surface area contributed by atoms with Crippen LogP contribution >= 0.6 is 23.8 Å². The Hall–Kier alpha value is -4.02. The zero-order valence-corrected chi connectivity index (χ0v) is 19.4. The molecule has 2 amide bonds. The minimum absolute atomic E-state index is 0.0754. The molecule has 1 aromatic heterocycles. The smallest absolute Gasteiger partial charge is 0.270 e. The Morgan fingerprint density at radius 2 is 1.94 bits per heavy atom. The van der Waals surface area contributed by atoms with Gasteiger partial charge in [0.2, 0.25) is 0 Å². The lowest BCUT2D eigenvalue weighted by Crippen LogP contribution is -2.54. The van der Waals surface area contributed by atoms with Crippen molar-refractivity contribution < 1.29 is 23.7 Å². The molecule has 34 heavy (non-hydrogen) atoms. The van der Waals surface area contributed by atoms with Crippen LogP contribution in [0.25, 0.3) is 17.4 Å². The summed E-state index contributed by atoms with van der Waals surface area (Å²) in [5.41, 5.74) is 1.21. The van der Waals surface area contributed by atoms with Gasteiger partial charge >= 0.3 is 0 Å². The Morgan fingerprint density at radius 1 is 1.18 bits per heavy atom. The summed E-state index contributed by atoms with van der Waals surface area (Å²) in [6, 6.07) is 12.1. The van der Waals surface area contributed by atoms with Crippen LogP contribution in [0.4, 0.5) is 11.4 Å². The normalized spacial score (nSPS) is 15.0. The molecule has 2 heterocycles. The zero-order valence-electron chi connectivity index (χ0n) is 17.8. The minimum Gasteiger partial charge on any atom is -0.496 e. The lowest BCUT2D eigenvalue weighted by molar-refractivity contribution is -0.384. The first-order chi connectivity index (χ1) is 16.2. The lowest BCUT2D eigenvalue weighted by atomic mass is 10.1. The van der Waals surface area contributed by atoms with Crippen molar-refractivity contribution in [3.8, 4) is 17.1 Å².